The van der Waals surface area contributed by atoms with Gasteiger partial charge in [-0.1, -0.05) is 48.5 Å². The van der Waals surface area contributed by atoms with Crippen LogP contribution < -0.4 is 10.2 Å². The fraction of sp³-hybridized carbons (Fsp3) is 0. The molecule has 0 aromatic heterocycles. The SMILES string of the molecule is O=C([O-])c1ccc(/C(Br)=C(\Br)c2ccc(C(=O)[O-])cc2)cc1. The molecule has 4 nitrogen and oxygen atoms in total. The molecule has 0 N–H and O–H groups in total. The Morgan fingerprint density at radius 3 is 1.05 bits per heavy atom. The molecule has 6 heteroatoms. The molecule has 0 amide bonds. The number of carbonyl (C=O) groups excluding carboxylic acids is 2. The molecule has 0 aliphatic carbocycles. The van der Waals surface area contributed by atoms with Crippen LogP contribution in [0.3, 0.4) is 0 Å². The van der Waals surface area contributed by atoms with Gasteiger partial charge in [-0.25, -0.2) is 0 Å². The van der Waals surface area contributed by atoms with Gasteiger partial charge < -0.3 is 19.8 Å². The molecule has 0 saturated carbocycles. The Hall–Kier alpha value is -1.92. The minimum Gasteiger partial charge on any atom is -0.545 e. The second kappa shape index (κ2) is 6.89. The molecule has 0 heterocycles. The van der Waals surface area contributed by atoms with Crippen LogP contribution in [0.5, 0.6) is 0 Å². The van der Waals surface area contributed by atoms with Gasteiger partial charge in [0, 0.05) is 8.96 Å². The predicted molar refractivity (Wildman–Crippen MR) is 86.2 cm³/mol. The molecule has 0 fully saturated rings. The summed E-state index contributed by atoms with van der Waals surface area (Å²) < 4.78 is 1.41. The van der Waals surface area contributed by atoms with E-state index in [1.165, 1.54) is 24.3 Å². The molecule has 22 heavy (non-hydrogen) atoms. The van der Waals surface area contributed by atoms with E-state index in [-0.39, 0.29) is 11.1 Å². The highest BCUT2D eigenvalue weighted by molar-refractivity contribution is 9.18. The molecule has 0 radical (unpaired) electrons. The molecular formula is C16H8Br2O4-2. The molecular weight excluding hydrogens is 416 g/mol. The van der Waals surface area contributed by atoms with Crippen LogP contribution in [0.4, 0.5) is 0 Å². The van der Waals surface area contributed by atoms with Crippen LogP contribution in [0.15, 0.2) is 48.5 Å². The van der Waals surface area contributed by atoms with Crippen LogP contribution in [-0.4, -0.2) is 11.9 Å². The van der Waals surface area contributed by atoms with E-state index in [1.54, 1.807) is 24.3 Å². The minimum atomic E-state index is -1.23. The van der Waals surface area contributed by atoms with E-state index in [0.29, 0.717) is 8.96 Å². The van der Waals surface area contributed by atoms with Crippen molar-refractivity contribution in [3.8, 4) is 0 Å². The Morgan fingerprint density at radius 1 is 0.591 bits per heavy atom. The molecule has 0 bridgehead atoms. The molecule has 2 rings (SSSR count). The summed E-state index contributed by atoms with van der Waals surface area (Å²) in [6, 6.07) is 12.4. The summed E-state index contributed by atoms with van der Waals surface area (Å²) in [6.45, 7) is 0. The van der Waals surface area contributed by atoms with Crippen molar-refractivity contribution in [3.63, 3.8) is 0 Å². The standard InChI is InChI=1S/C16H10Br2O4/c17-13(9-1-5-11(6-2-9)15(19)20)14(18)10-3-7-12(8-4-10)16(21)22/h1-8H,(H,19,20)(H,21,22)/p-2/b14-13+. The van der Waals surface area contributed by atoms with Gasteiger partial charge in [0.1, 0.15) is 0 Å². The molecule has 0 aliphatic heterocycles. The highest BCUT2D eigenvalue weighted by Crippen LogP contribution is 2.35. The molecule has 112 valence electrons. The van der Waals surface area contributed by atoms with Crippen molar-refractivity contribution in [3.05, 3.63) is 70.8 Å². The molecule has 0 unspecified atom stereocenters. The number of carbonyl (C=O) groups is 2. The Labute approximate surface area is 143 Å². The Balaban J connectivity index is 2.35. The number of hydrogen-bond donors (Lipinski definition) is 0. The summed E-state index contributed by atoms with van der Waals surface area (Å²) in [6.07, 6.45) is 0. The average molecular weight is 424 g/mol. The van der Waals surface area contributed by atoms with Crippen molar-refractivity contribution in [1.29, 1.82) is 0 Å². The Morgan fingerprint density at radius 2 is 0.818 bits per heavy atom. The third-order valence-electron chi connectivity index (χ3n) is 2.94. The van der Waals surface area contributed by atoms with Crippen molar-refractivity contribution in [2.45, 2.75) is 0 Å². The fourth-order valence-corrected chi connectivity index (χ4v) is 2.75. The zero-order chi connectivity index (χ0) is 16.3. The van der Waals surface area contributed by atoms with E-state index in [4.69, 9.17) is 0 Å². The highest BCUT2D eigenvalue weighted by Gasteiger charge is 2.07. The molecule has 2 aromatic rings. The zero-order valence-electron chi connectivity index (χ0n) is 11.0. The van der Waals surface area contributed by atoms with Crippen LogP contribution in [-0.2, 0) is 0 Å². The maximum atomic E-state index is 10.7. The summed E-state index contributed by atoms with van der Waals surface area (Å²) in [5.41, 5.74) is 1.72. The normalized spacial score (nSPS) is 11.7. The highest BCUT2D eigenvalue weighted by atomic mass is 79.9. The summed E-state index contributed by atoms with van der Waals surface area (Å²) in [5.74, 6) is -2.47. The van der Waals surface area contributed by atoms with Gasteiger partial charge in [0.25, 0.3) is 0 Å². The number of halogens is 2. The van der Waals surface area contributed by atoms with Crippen molar-refractivity contribution in [1.82, 2.24) is 0 Å². The zero-order valence-corrected chi connectivity index (χ0v) is 14.2. The number of benzene rings is 2. The first-order valence-electron chi connectivity index (χ1n) is 6.09. The van der Waals surface area contributed by atoms with Crippen molar-refractivity contribution in [2.24, 2.45) is 0 Å². The van der Waals surface area contributed by atoms with E-state index >= 15 is 0 Å². The smallest absolute Gasteiger partial charge is 0.0715 e. The monoisotopic (exact) mass is 422 g/mol. The number of hydrogen-bond acceptors (Lipinski definition) is 4. The number of carboxylic acids is 2. The van der Waals surface area contributed by atoms with E-state index < -0.39 is 11.9 Å². The molecule has 2 aromatic carbocycles. The molecule has 0 spiro atoms. The van der Waals surface area contributed by atoms with Crippen LogP contribution in [0.25, 0.3) is 8.96 Å². The van der Waals surface area contributed by atoms with Gasteiger partial charge in [0.2, 0.25) is 0 Å². The van der Waals surface area contributed by atoms with Crippen molar-refractivity contribution >= 4 is 52.8 Å². The maximum absolute atomic E-state index is 10.7. The van der Waals surface area contributed by atoms with E-state index in [1.807, 2.05) is 0 Å². The summed E-state index contributed by atoms with van der Waals surface area (Å²) in [5, 5.41) is 21.5. The lowest BCUT2D eigenvalue weighted by molar-refractivity contribution is -0.256. The third kappa shape index (κ3) is 3.64. The fourth-order valence-electron chi connectivity index (χ4n) is 1.76. The topological polar surface area (TPSA) is 80.3 Å². The van der Waals surface area contributed by atoms with Crippen LogP contribution in [0, 0.1) is 0 Å². The lowest BCUT2D eigenvalue weighted by Gasteiger charge is -2.08. The van der Waals surface area contributed by atoms with Crippen molar-refractivity contribution in [2.75, 3.05) is 0 Å². The first-order chi connectivity index (χ1) is 10.4. The predicted octanol–water partition coefficient (Wildman–Crippen LogP) is 2.03. The summed E-state index contributed by atoms with van der Waals surface area (Å²) in [7, 11) is 0. The first kappa shape index (κ1) is 16.5. The first-order valence-corrected chi connectivity index (χ1v) is 7.67. The minimum absolute atomic E-state index is 0.0958. The van der Waals surface area contributed by atoms with Gasteiger partial charge in [-0.3, -0.25) is 0 Å². The Bertz CT molecular complexity index is 681. The average Bonchev–Trinajstić information content (AvgIpc) is 2.53. The number of carboxylic acid groups (broad SMARTS) is 2. The summed E-state index contributed by atoms with van der Waals surface area (Å²) >= 11 is 6.88. The lowest BCUT2D eigenvalue weighted by Crippen LogP contribution is -2.22. The quantitative estimate of drug-likeness (QED) is 0.704. The van der Waals surface area contributed by atoms with Crippen LogP contribution in [0.1, 0.15) is 31.8 Å². The lowest BCUT2D eigenvalue weighted by atomic mass is 10.1. The summed E-state index contributed by atoms with van der Waals surface area (Å²) in [4.78, 5) is 21.5. The number of aromatic carboxylic acids is 2. The van der Waals surface area contributed by atoms with E-state index in [9.17, 15) is 19.8 Å². The number of rotatable bonds is 4. The molecule has 0 aliphatic rings. The van der Waals surface area contributed by atoms with Crippen molar-refractivity contribution < 1.29 is 19.8 Å². The largest absolute Gasteiger partial charge is 0.545 e. The maximum Gasteiger partial charge on any atom is 0.0715 e. The second-order valence-corrected chi connectivity index (χ2v) is 5.94. The van der Waals surface area contributed by atoms with E-state index in [2.05, 4.69) is 31.9 Å². The molecule has 0 saturated heterocycles. The second-order valence-electron chi connectivity index (χ2n) is 4.36. The third-order valence-corrected chi connectivity index (χ3v) is 5.18. The van der Waals surface area contributed by atoms with Gasteiger partial charge in [0.15, 0.2) is 0 Å². The van der Waals surface area contributed by atoms with Crippen LogP contribution >= 0.6 is 31.9 Å². The Kier molecular flexibility index (Phi) is 5.15. The van der Waals surface area contributed by atoms with Crippen LogP contribution in [0.2, 0.25) is 0 Å². The van der Waals surface area contributed by atoms with Gasteiger partial charge in [-0.2, -0.15) is 0 Å². The van der Waals surface area contributed by atoms with Gasteiger partial charge in [-0.05, 0) is 54.1 Å². The van der Waals surface area contributed by atoms with E-state index in [0.717, 1.165) is 11.1 Å². The molecule has 0 atom stereocenters. The van der Waals surface area contributed by atoms with Gasteiger partial charge >= 0.3 is 0 Å². The van der Waals surface area contributed by atoms with Gasteiger partial charge in [-0.15, -0.1) is 0 Å². The van der Waals surface area contributed by atoms with Gasteiger partial charge in [0.05, 0.1) is 11.9 Å².